The molecule has 0 amide bonds. The lowest BCUT2D eigenvalue weighted by Crippen LogP contribution is -1.81. The van der Waals surface area contributed by atoms with Crippen LogP contribution in [0.15, 0.2) is 34.9 Å². The van der Waals surface area contributed by atoms with Crippen molar-refractivity contribution in [3.8, 4) is 23.7 Å². The number of nitrogens with two attached hydrogens (primary N) is 1. The molecule has 2 rings (SSSR count). The van der Waals surface area contributed by atoms with Crippen LogP contribution in [-0.2, 0) is 0 Å². The van der Waals surface area contributed by atoms with E-state index in [4.69, 9.17) is 16.6 Å². The minimum absolute atomic E-state index is 0.145. The van der Waals surface area contributed by atoms with Crippen LogP contribution in [-0.4, -0.2) is 4.98 Å². The van der Waals surface area contributed by atoms with Crippen molar-refractivity contribution in [2.75, 3.05) is 5.73 Å². The summed E-state index contributed by atoms with van der Waals surface area (Å²) >= 11 is 0. The highest BCUT2D eigenvalue weighted by atomic mass is 16.4. The molecule has 0 fully saturated rings. The van der Waals surface area contributed by atoms with Crippen LogP contribution in [0.1, 0.15) is 5.56 Å². The Balaban J connectivity index is 2.57. The molecule has 3 nitrogen and oxygen atoms in total. The van der Waals surface area contributed by atoms with Gasteiger partial charge >= 0.3 is 0 Å². The number of anilines is 1. The number of hydrogen-bond acceptors (Lipinski definition) is 3. The number of oxazole rings is 1. The van der Waals surface area contributed by atoms with Crippen molar-refractivity contribution in [3.05, 3.63) is 36.0 Å². The molecule has 0 unspecified atom stereocenters. The summed E-state index contributed by atoms with van der Waals surface area (Å²) in [6.45, 7) is 0. The van der Waals surface area contributed by atoms with Crippen molar-refractivity contribution in [1.29, 1.82) is 0 Å². The third kappa shape index (κ3) is 1.34. The third-order valence-electron chi connectivity index (χ3n) is 1.87. The van der Waals surface area contributed by atoms with Crippen LogP contribution < -0.4 is 5.73 Å². The van der Waals surface area contributed by atoms with Gasteiger partial charge in [-0.05, 0) is 12.1 Å². The van der Waals surface area contributed by atoms with E-state index in [2.05, 4.69) is 10.9 Å². The zero-order valence-corrected chi connectivity index (χ0v) is 7.40. The molecule has 2 aromatic rings. The molecule has 3 heteroatoms. The number of aromatic nitrogens is 1. The van der Waals surface area contributed by atoms with E-state index in [1.807, 2.05) is 24.3 Å². The number of nitrogen functional groups attached to an aromatic ring is 1. The molecule has 14 heavy (non-hydrogen) atoms. The Hall–Kier alpha value is -2.21. The maximum atomic E-state index is 5.38. The van der Waals surface area contributed by atoms with Gasteiger partial charge in [0.1, 0.15) is 0 Å². The van der Waals surface area contributed by atoms with Crippen molar-refractivity contribution in [2.45, 2.75) is 0 Å². The van der Waals surface area contributed by atoms with Crippen LogP contribution in [0.5, 0.6) is 0 Å². The number of hydrogen-bond donors (Lipinski definition) is 1. The van der Waals surface area contributed by atoms with Crippen molar-refractivity contribution < 1.29 is 4.42 Å². The van der Waals surface area contributed by atoms with Crippen molar-refractivity contribution in [1.82, 2.24) is 4.98 Å². The summed E-state index contributed by atoms with van der Waals surface area (Å²) in [5.41, 5.74) is 6.98. The van der Waals surface area contributed by atoms with Crippen LogP contribution in [0.4, 0.5) is 6.01 Å². The zero-order valence-electron chi connectivity index (χ0n) is 7.40. The first-order chi connectivity index (χ1) is 6.81. The van der Waals surface area contributed by atoms with E-state index in [0.29, 0.717) is 5.76 Å². The van der Waals surface area contributed by atoms with Crippen LogP contribution in [0.2, 0.25) is 0 Å². The van der Waals surface area contributed by atoms with Crippen molar-refractivity contribution in [3.63, 3.8) is 0 Å². The third-order valence-corrected chi connectivity index (χ3v) is 1.87. The van der Waals surface area contributed by atoms with E-state index in [1.165, 1.54) is 0 Å². The normalized spacial score (nSPS) is 9.64. The quantitative estimate of drug-likeness (QED) is 0.688. The Morgan fingerprint density at radius 3 is 2.79 bits per heavy atom. The second-order valence-corrected chi connectivity index (χ2v) is 2.75. The van der Waals surface area contributed by atoms with Crippen LogP contribution in [0, 0.1) is 12.3 Å². The molecular weight excluding hydrogens is 176 g/mol. The lowest BCUT2D eigenvalue weighted by atomic mass is 10.1. The summed E-state index contributed by atoms with van der Waals surface area (Å²) in [7, 11) is 0. The van der Waals surface area contributed by atoms with E-state index >= 15 is 0 Å². The average Bonchev–Trinajstić information content (AvgIpc) is 2.65. The molecule has 0 saturated carbocycles. The first kappa shape index (κ1) is 8.39. The van der Waals surface area contributed by atoms with Gasteiger partial charge in [0.15, 0.2) is 5.76 Å². The van der Waals surface area contributed by atoms with E-state index in [-0.39, 0.29) is 6.01 Å². The Kier molecular flexibility index (Phi) is 1.96. The van der Waals surface area contributed by atoms with Gasteiger partial charge in [-0.25, -0.2) is 4.98 Å². The number of nitrogens with zero attached hydrogens (tertiary/aromatic N) is 1. The fraction of sp³-hybridized carbons (Fsp3) is 0. The minimum atomic E-state index is 0.145. The van der Waals surface area contributed by atoms with Gasteiger partial charge in [-0.3, -0.25) is 0 Å². The summed E-state index contributed by atoms with van der Waals surface area (Å²) in [5.74, 6) is 3.17. The van der Waals surface area contributed by atoms with Gasteiger partial charge in [-0.1, -0.05) is 18.1 Å². The van der Waals surface area contributed by atoms with Gasteiger partial charge < -0.3 is 10.2 Å². The average molecular weight is 184 g/mol. The molecule has 0 aliphatic heterocycles. The van der Waals surface area contributed by atoms with Gasteiger partial charge in [0.2, 0.25) is 0 Å². The van der Waals surface area contributed by atoms with E-state index in [0.717, 1.165) is 11.1 Å². The van der Waals surface area contributed by atoms with Gasteiger partial charge in [0, 0.05) is 11.1 Å². The van der Waals surface area contributed by atoms with Gasteiger partial charge in [-0.2, -0.15) is 0 Å². The molecule has 0 atom stereocenters. The summed E-state index contributed by atoms with van der Waals surface area (Å²) in [4.78, 5) is 3.81. The van der Waals surface area contributed by atoms with Gasteiger partial charge in [0.05, 0.1) is 6.20 Å². The molecule has 2 N–H and O–H groups in total. The molecule has 0 radical (unpaired) electrons. The largest absolute Gasteiger partial charge is 0.424 e. The molecule has 0 aliphatic rings. The molecule has 0 spiro atoms. The van der Waals surface area contributed by atoms with Crippen molar-refractivity contribution >= 4 is 6.01 Å². The first-order valence-corrected chi connectivity index (χ1v) is 4.08. The molecule has 0 bridgehead atoms. The molecule has 1 aromatic carbocycles. The lowest BCUT2D eigenvalue weighted by molar-refractivity contribution is 0.595. The summed E-state index contributed by atoms with van der Waals surface area (Å²) < 4.78 is 5.18. The minimum Gasteiger partial charge on any atom is -0.424 e. The number of terminal acetylenes is 1. The van der Waals surface area contributed by atoms with Crippen LogP contribution in [0.3, 0.4) is 0 Å². The second kappa shape index (κ2) is 3.27. The molecule has 1 heterocycles. The summed E-state index contributed by atoms with van der Waals surface area (Å²) in [5, 5.41) is 0. The maximum Gasteiger partial charge on any atom is 0.292 e. The fourth-order valence-electron chi connectivity index (χ4n) is 1.24. The SMILES string of the molecule is C#Cc1ccccc1-c1cnc(N)o1. The van der Waals surface area contributed by atoms with Crippen molar-refractivity contribution in [2.24, 2.45) is 0 Å². The zero-order chi connectivity index (χ0) is 9.97. The Morgan fingerprint density at radius 2 is 2.14 bits per heavy atom. The first-order valence-electron chi connectivity index (χ1n) is 4.08. The summed E-state index contributed by atoms with van der Waals surface area (Å²) in [6.07, 6.45) is 6.91. The molecule has 0 saturated heterocycles. The fourth-order valence-corrected chi connectivity index (χ4v) is 1.24. The Morgan fingerprint density at radius 1 is 1.36 bits per heavy atom. The van der Waals surface area contributed by atoms with E-state index in [9.17, 15) is 0 Å². The maximum absolute atomic E-state index is 5.38. The highest BCUT2D eigenvalue weighted by Gasteiger charge is 2.06. The number of benzene rings is 1. The topological polar surface area (TPSA) is 52.0 Å². The highest BCUT2D eigenvalue weighted by Crippen LogP contribution is 2.24. The van der Waals surface area contributed by atoms with E-state index in [1.54, 1.807) is 6.20 Å². The summed E-state index contributed by atoms with van der Waals surface area (Å²) in [6, 6.07) is 7.61. The highest BCUT2D eigenvalue weighted by molar-refractivity contribution is 5.66. The molecule has 0 aliphatic carbocycles. The predicted molar refractivity (Wildman–Crippen MR) is 54.3 cm³/mol. The molecule has 68 valence electrons. The Labute approximate surface area is 81.6 Å². The predicted octanol–water partition coefficient (Wildman–Crippen LogP) is 1.91. The lowest BCUT2D eigenvalue weighted by Gasteiger charge is -1.98. The standard InChI is InChI=1S/C11H8N2O/c1-2-8-5-3-4-6-9(8)10-7-13-11(12)14-10/h1,3-7H,(H2,12,13). The van der Waals surface area contributed by atoms with E-state index < -0.39 is 0 Å². The monoisotopic (exact) mass is 184 g/mol. The Bertz CT molecular complexity index is 494. The van der Waals surface area contributed by atoms with Gasteiger partial charge in [0.25, 0.3) is 6.01 Å². The molecular formula is C11H8N2O. The molecule has 1 aromatic heterocycles. The van der Waals surface area contributed by atoms with Gasteiger partial charge in [-0.15, -0.1) is 6.42 Å². The number of rotatable bonds is 1. The smallest absolute Gasteiger partial charge is 0.292 e. The van der Waals surface area contributed by atoms with Crippen LogP contribution in [0.25, 0.3) is 11.3 Å². The van der Waals surface area contributed by atoms with Crippen LogP contribution >= 0.6 is 0 Å². The second-order valence-electron chi connectivity index (χ2n) is 2.75.